The van der Waals surface area contributed by atoms with Gasteiger partial charge < -0.3 is 4.42 Å². The number of nitrogens with zero attached hydrogens (tertiary/aromatic N) is 2. The first-order chi connectivity index (χ1) is 35.2. The number of hydrogen-bond acceptors (Lipinski definition) is 3. The summed E-state index contributed by atoms with van der Waals surface area (Å²) in [6, 6.07) is 6.91. The lowest BCUT2D eigenvalue weighted by molar-refractivity contribution is 0.598. The highest BCUT2D eigenvalue weighted by atomic mass is 16.3. The Labute approximate surface area is 344 Å². The van der Waals surface area contributed by atoms with Gasteiger partial charge >= 0.3 is 0 Å². The van der Waals surface area contributed by atoms with Crippen molar-refractivity contribution in [3.8, 4) is 56.2 Å². The van der Waals surface area contributed by atoms with E-state index in [2.05, 4.69) is 4.98 Å². The van der Waals surface area contributed by atoms with Gasteiger partial charge in [-0.05, 0) is 84.8 Å². The summed E-state index contributed by atoms with van der Waals surface area (Å²) in [6.07, 6.45) is 1.69. The molecule has 0 aliphatic heterocycles. The van der Waals surface area contributed by atoms with Crippen LogP contribution in [-0.4, -0.2) is 9.97 Å². The van der Waals surface area contributed by atoms with Gasteiger partial charge in [-0.25, -0.2) is 4.98 Å². The molecule has 256 valence electrons. The summed E-state index contributed by atoms with van der Waals surface area (Å²) in [5.74, 6) is -1.38. The molecule has 0 aliphatic carbocycles. The Balaban J connectivity index is 1.20. The second-order valence-electron chi connectivity index (χ2n) is 12.6. The van der Waals surface area contributed by atoms with E-state index >= 15 is 0 Å². The molecule has 0 fully saturated rings. The Morgan fingerprint density at radius 2 is 1.02 bits per heavy atom. The van der Waals surface area contributed by atoms with E-state index < -0.39 is 170 Å². The van der Waals surface area contributed by atoms with Crippen LogP contribution in [0.2, 0.25) is 0 Å². The molecule has 0 atom stereocenters. The van der Waals surface area contributed by atoms with Crippen LogP contribution in [0.3, 0.4) is 0 Å². The maximum absolute atomic E-state index is 9.72. The Morgan fingerprint density at radius 1 is 0.418 bits per heavy atom. The van der Waals surface area contributed by atoms with E-state index in [0.717, 1.165) is 10.8 Å². The van der Waals surface area contributed by atoms with Crippen molar-refractivity contribution in [2.45, 2.75) is 0 Å². The fraction of sp³-hybridized carbons (Fsp3) is 0. The van der Waals surface area contributed by atoms with Gasteiger partial charge in [-0.2, -0.15) is 0 Å². The number of benzene rings is 8. The molecular weight excluding hydrogens is 669 g/mol. The SMILES string of the molecule is [2H]c1c(-c2c([2H])c([2H])c([2H])c(-c3ccc(-c4ccc5ccc6cccnc6c5n4)c4ccccc34)c2[2H])oc(-c2c3c([2H])c([2H])c([2H])c([2H])c3c(-c3c([2H])c([2H])c([2H])c([2H])c3[2H])c3c([2H])c([2H])c([2H])c([2H])c23)c1[2H]. The van der Waals surface area contributed by atoms with Gasteiger partial charge in [0.25, 0.3) is 0 Å². The molecule has 0 unspecified atom stereocenters. The standard InChI is InChI=1S/C52H32N2O/c1-2-12-33(13-3-1)49-42-19-6-8-21-44(42)50(45-22-9-7-20-43(45)49)48-30-29-47(55-48)37-15-10-14-36(32-37)38-26-27-41(40-18-5-4-17-39(38)40)46-28-25-35-24-23-34-16-11-31-53-51(34)52(35)54-46/h1-32H/i1D,2D,3D,6D,7D,8D,9D,10D,12D,13D,14D,15D,19D,20D,21D,22D,29D,30D,32D. The molecular formula is C52H32N2O. The van der Waals surface area contributed by atoms with Crippen LogP contribution in [0.4, 0.5) is 0 Å². The van der Waals surface area contributed by atoms with E-state index in [1.807, 2.05) is 48.5 Å². The summed E-state index contributed by atoms with van der Waals surface area (Å²) < 4.78 is 177. The molecule has 0 radical (unpaired) electrons. The molecule has 11 aromatic rings. The summed E-state index contributed by atoms with van der Waals surface area (Å²) in [4.78, 5) is 9.62. The summed E-state index contributed by atoms with van der Waals surface area (Å²) in [6.45, 7) is 0. The summed E-state index contributed by atoms with van der Waals surface area (Å²) in [5.41, 5.74) is 0.537. The molecule has 11 rings (SSSR count). The minimum Gasteiger partial charge on any atom is -0.456 e. The highest BCUT2D eigenvalue weighted by Gasteiger charge is 2.19. The minimum atomic E-state index is -0.864. The summed E-state index contributed by atoms with van der Waals surface area (Å²) in [7, 11) is 0. The number of furan rings is 1. The Morgan fingerprint density at radius 3 is 1.78 bits per heavy atom. The second-order valence-corrected chi connectivity index (χ2v) is 12.6. The van der Waals surface area contributed by atoms with Crippen molar-refractivity contribution in [1.82, 2.24) is 9.97 Å². The molecule has 3 heteroatoms. The molecule has 0 aliphatic rings. The van der Waals surface area contributed by atoms with Crippen molar-refractivity contribution in [3.05, 3.63) is 194 Å². The molecule has 0 spiro atoms. The van der Waals surface area contributed by atoms with Gasteiger partial charge in [-0.3, -0.25) is 4.98 Å². The predicted octanol–water partition coefficient (Wildman–Crippen LogP) is 14.2. The molecule has 0 amide bonds. The first-order valence-corrected chi connectivity index (χ1v) is 17.1. The highest BCUT2D eigenvalue weighted by molar-refractivity contribution is 6.21. The Hall–Kier alpha value is -7.36. The van der Waals surface area contributed by atoms with Gasteiger partial charge in [0.05, 0.1) is 42.8 Å². The van der Waals surface area contributed by atoms with Crippen LogP contribution in [-0.2, 0) is 0 Å². The Kier molecular flexibility index (Phi) is 4.06. The first-order valence-electron chi connectivity index (χ1n) is 26.6. The van der Waals surface area contributed by atoms with Gasteiger partial charge in [-0.15, -0.1) is 0 Å². The third kappa shape index (κ3) is 5.13. The minimum absolute atomic E-state index is 0.142. The smallest absolute Gasteiger partial charge is 0.136 e. The normalized spacial score (nSPS) is 16.5. The van der Waals surface area contributed by atoms with Crippen molar-refractivity contribution in [1.29, 1.82) is 0 Å². The summed E-state index contributed by atoms with van der Waals surface area (Å²) >= 11 is 0. The molecule has 8 aromatic carbocycles. The van der Waals surface area contributed by atoms with Crippen LogP contribution in [0.25, 0.3) is 110 Å². The van der Waals surface area contributed by atoms with E-state index in [9.17, 15) is 11.0 Å². The molecule has 3 heterocycles. The molecule has 0 N–H and O–H groups in total. The molecule has 0 saturated heterocycles. The zero-order chi connectivity index (χ0) is 52.8. The fourth-order valence-corrected chi connectivity index (χ4v) is 7.18. The molecule has 3 aromatic heterocycles. The second kappa shape index (κ2) is 12.6. The molecule has 0 bridgehead atoms. The highest BCUT2D eigenvalue weighted by Crippen LogP contribution is 2.45. The van der Waals surface area contributed by atoms with Crippen molar-refractivity contribution in [2.75, 3.05) is 0 Å². The number of pyridine rings is 2. The van der Waals surface area contributed by atoms with Crippen LogP contribution < -0.4 is 0 Å². The number of fused-ring (bicyclic) bond motifs is 6. The Bertz CT molecular complexity index is 4270. The zero-order valence-corrected chi connectivity index (χ0v) is 28.3. The number of aromatic nitrogens is 2. The van der Waals surface area contributed by atoms with Crippen molar-refractivity contribution < 1.29 is 30.5 Å². The van der Waals surface area contributed by atoms with Crippen molar-refractivity contribution >= 4 is 54.1 Å². The van der Waals surface area contributed by atoms with Crippen LogP contribution in [0.1, 0.15) is 26.0 Å². The maximum atomic E-state index is 9.72. The van der Waals surface area contributed by atoms with E-state index in [-0.39, 0.29) is 5.56 Å². The van der Waals surface area contributed by atoms with E-state index in [1.54, 1.807) is 30.5 Å². The predicted molar refractivity (Wildman–Crippen MR) is 229 cm³/mol. The van der Waals surface area contributed by atoms with Crippen LogP contribution in [0.15, 0.2) is 198 Å². The average molecular weight is 720 g/mol. The van der Waals surface area contributed by atoms with Crippen molar-refractivity contribution in [3.63, 3.8) is 0 Å². The average Bonchev–Trinajstić information content (AvgIpc) is 3.70. The van der Waals surface area contributed by atoms with Gasteiger partial charge in [-0.1, -0.05) is 157 Å². The lowest BCUT2D eigenvalue weighted by Crippen LogP contribution is -1.91. The zero-order valence-electron chi connectivity index (χ0n) is 47.3. The van der Waals surface area contributed by atoms with E-state index in [4.69, 9.17) is 24.5 Å². The summed E-state index contributed by atoms with van der Waals surface area (Å²) in [5, 5.41) is 0.686. The lowest BCUT2D eigenvalue weighted by atomic mass is 9.88. The van der Waals surface area contributed by atoms with Crippen LogP contribution >= 0.6 is 0 Å². The van der Waals surface area contributed by atoms with Gasteiger partial charge in [0, 0.05) is 33.7 Å². The quantitative estimate of drug-likeness (QED) is 0.131. The maximum Gasteiger partial charge on any atom is 0.136 e. The van der Waals surface area contributed by atoms with E-state index in [0.29, 0.717) is 38.6 Å². The van der Waals surface area contributed by atoms with Crippen molar-refractivity contribution in [2.24, 2.45) is 0 Å². The number of rotatable bonds is 5. The fourth-order valence-electron chi connectivity index (χ4n) is 7.18. The first kappa shape index (κ1) is 17.6. The van der Waals surface area contributed by atoms with Gasteiger partial charge in [0.2, 0.25) is 0 Å². The third-order valence-electron chi connectivity index (χ3n) is 9.60. The monoisotopic (exact) mass is 719 g/mol. The molecule has 0 saturated carbocycles. The molecule has 55 heavy (non-hydrogen) atoms. The number of hydrogen-bond donors (Lipinski definition) is 0. The van der Waals surface area contributed by atoms with Gasteiger partial charge in [0.1, 0.15) is 11.5 Å². The lowest BCUT2D eigenvalue weighted by Gasteiger charge is -2.16. The largest absolute Gasteiger partial charge is 0.456 e. The van der Waals surface area contributed by atoms with Gasteiger partial charge in [0.15, 0.2) is 0 Å². The van der Waals surface area contributed by atoms with Crippen LogP contribution in [0, 0.1) is 0 Å². The van der Waals surface area contributed by atoms with E-state index in [1.165, 1.54) is 0 Å². The molecule has 3 nitrogen and oxygen atoms in total. The topological polar surface area (TPSA) is 38.9 Å². The van der Waals surface area contributed by atoms with Crippen LogP contribution in [0.5, 0.6) is 0 Å². The third-order valence-corrected chi connectivity index (χ3v) is 9.60.